The molecule has 0 atom stereocenters. The Morgan fingerprint density at radius 3 is 1.03 bits per heavy atom. The Hall–Kier alpha value is -2.49. The monoisotopic (exact) mass is 420 g/mol. The van der Waals surface area contributed by atoms with Crippen molar-refractivity contribution in [2.45, 2.75) is 38.5 Å². The van der Waals surface area contributed by atoms with Crippen LogP contribution in [-0.2, 0) is 0 Å². The molecule has 9 N–H and O–H groups in total. The van der Waals surface area contributed by atoms with Crippen molar-refractivity contribution in [3.05, 3.63) is 34.9 Å². The van der Waals surface area contributed by atoms with Gasteiger partial charge in [0.2, 0.25) is 0 Å². The van der Waals surface area contributed by atoms with E-state index in [1.165, 1.54) is 18.2 Å². The molecule has 0 unspecified atom stereocenters. The first-order valence-corrected chi connectivity index (χ1v) is 10.6. The van der Waals surface area contributed by atoms with Crippen molar-refractivity contribution in [1.29, 1.82) is 0 Å². The normalized spacial score (nSPS) is 10.5. The van der Waals surface area contributed by atoms with Crippen molar-refractivity contribution in [3.63, 3.8) is 0 Å². The van der Waals surface area contributed by atoms with Crippen LogP contribution < -0.4 is 33.2 Å². The zero-order valence-electron chi connectivity index (χ0n) is 17.7. The van der Waals surface area contributed by atoms with Crippen molar-refractivity contribution >= 4 is 17.7 Å². The molecule has 0 radical (unpaired) electrons. The lowest BCUT2D eigenvalue weighted by Gasteiger charge is -2.11. The summed E-state index contributed by atoms with van der Waals surface area (Å²) in [6.45, 7) is 3.11. The highest BCUT2D eigenvalue weighted by Gasteiger charge is 2.16. The fourth-order valence-corrected chi connectivity index (χ4v) is 2.74. The molecule has 30 heavy (non-hydrogen) atoms. The molecular formula is C21H36N6O3. The van der Waals surface area contributed by atoms with Crippen LogP contribution in [0.2, 0.25) is 0 Å². The Morgan fingerprint density at radius 1 is 0.533 bits per heavy atom. The summed E-state index contributed by atoms with van der Waals surface area (Å²) in [4.78, 5) is 37.6. The van der Waals surface area contributed by atoms with Gasteiger partial charge < -0.3 is 33.2 Å². The number of rotatable bonds is 15. The van der Waals surface area contributed by atoms with Gasteiger partial charge in [0.15, 0.2) is 0 Å². The molecule has 1 aromatic carbocycles. The molecule has 0 saturated carbocycles. The molecule has 0 aliphatic rings. The summed E-state index contributed by atoms with van der Waals surface area (Å²) in [6, 6.07) is 4.51. The molecule has 0 aliphatic heterocycles. The third-order valence-electron chi connectivity index (χ3n) is 4.47. The summed E-state index contributed by atoms with van der Waals surface area (Å²) in [6.07, 6.45) is 4.71. The van der Waals surface area contributed by atoms with E-state index in [-0.39, 0.29) is 34.4 Å². The third kappa shape index (κ3) is 9.82. The van der Waals surface area contributed by atoms with Gasteiger partial charge in [0.1, 0.15) is 0 Å². The van der Waals surface area contributed by atoms with Crippen LogP contribution >= 0.6 is 0 Å². The summed E-state index contributed by atoms with van der Waals surface area (Å²) < 4.78 is 0. The predicted octanol–water partition coefficient (Wildman–Crippen LogP) is 0.0927. The molecule has 1 rings (SSSR count). The van der Waals surface area contributed by atoms with E-state index in [4.69, 9.17) is 17.2 Å². The summed E-state index contributed by atoms with van der Waals surface area (Å²) in [5.41, 5.74) is 17.2. The number of nitrogens with one attached hydrogen (secondary N) is 3. The number of hydrogen-bond donors (Lipinski definition) is 6. The first-order valence-electron chi connectivity index (χ1n) is 10.6. The lowest BCUT2D eigenvalue weighted by Crippen LogP contribution is -2.29. The Morgan fingerprint density at radius 2 is 0.800 bits per heavy atom. The molecule has 0 bridgehead atoms. The maximum atomic E-state index is 12.5. The Kier molecular flexibility index (Phi) is 13.1. The van der Waals surface area contributed by atoms with E-state index < -0.39 is 0 Å². The average Bonchev–Trinajstić information content (AvgIpc) is 2.76. The van der Waals surface area contributed by atoms with E-state index in [1.54, 1.807) is 0 Å². The van der Waals surface area contributed by atoms with E-state index >= 15 is 0 Å². The van der Waals surface area contributed by atoms with Crippen molar-refractivity contribution < 1.29 is 14.4 Å². The first kappa shape index (κ1) is 25.5. The zero-order chi connectivity index (χ0) is 22.2. The maximum absolute atomic E-state index is 12.5. The summed E-state index contributed by atoms with van der Waals surface area (Å²) in [5, 5.41) is 8.40. The van der Waals surface area contributed by atoms with Crippen LogP contribution in [0.25, 0.3) is 0 Å². The van der Waals surface area contributed by atoms with Crippen LogP contribution in [0.5, 0.6) is 0 Å². The minimum absolute atomic E-state index is 0.268. The Labute approximate surface area is 178 Å². The topological polar surface area (TPSA) is 165 Å². The molecule has 0 heterocycles. The van der Waals surface area contributed by atoms with Crippen LogP contribution in [-0.4, -0.2) is 57.0 Å². The quantitative estimate of drug-likeness (QED) is 0.220. The highest BCUT2D eigenvalue weighted by molar-refractivity contribution is 6.04. The van der Waals surface area contributed by atoms with Gasteiger partial charge in [-0.3, -0.25) is 14.4 Å². The molecule has 1 aromatic rings. The van der Waals surface area contributed by atoms with E-state index in [0.717, 1.165) is 38.5 Å². The molecule has 168 valence electrons. The second kappa shape index (κ2) is 15.4. The molecule has 3 amide bonds. The van der Waals surface area contributed by atoms with E-state index in [2.05, 4.69) is 16.0 Å². The van der Waals surface area contributed by atoms with Gasteiger partial charge in [-0.05, 0) is 76.4 Å². The molecule has 0 aromatic heterocycles. The minimum atomic E-state index is -0.331. The number of amides is 3. The van der Waals surface area contributed by atoms with Crippen LogP contribution in [0, 0.1) is 0 Å². The Bertz CT molecular complexity index is 578. The highest BCUT2D eigenvalue weighted by Crippen LogP contribution is 2.12. The molecule has 0 aliphatic carbocycles. The fourth-order valence-electron chi connectivity index (χ4n) is 2.74. The summed E-state index contributed by atoms with van der Waals surface area (Å²) in [7, 11) is 0. The number of nitrogens with two attached hydrogens (primary N) is 3. The van der Waals surface area contributed by atoms with Crippen molar-refractivity contribution in [2.24, 2.45) is 17.2 Å². The summed E-state index contributed by atoms with van der Waals surface area (Å²) >= 11 is 0. The van der Waals surface area contributed by atoms with Gasteiger partial charge >= 0.3 is 0 Å². The van der Waals surface area contributed by atoms with Gasteiger partial charge in [0.05, 0.1) is 0 Å². The zero-order valence-corrected chi connectivity index (χ0v) is 17.7. The van der Waals surface area contributed by atoms with Crippen molar-refractivity contribution in [2.75, 3.05) is 39.3 Å². The van der Waals surface area contributed by atoms with Crippen LogP contribution in [0.3, 0.4) is 0 Å². The predicted molar refractivity (Wildman–Crippen MR) is 118 cm³/mol. The van der Waals surface area contributed by atoms with Crippen LogP contribution in [0.1, 0.15) is 69.6 Å². The van der Waals surface area contributed by atoms with Crippen molar-refractivity contribution in [3.8, 4) is 0 Å². The van der Waals surface area contributed by atoms with Gasteiger partial charge in [0, 0.05) is 36.3 Å². The van der Waals surface area contributed by atoms with Gasteiger partial charge in [0.25, 0.3) is 17.7 Å². The fraction of sp³-hybridized carbons (Fsp3) is 0.571. The number of carbonyl (C=O) groups excluding carboxylic acids is 3. The average molecular weight is 421 g/mol. The number of hydrogen-bond acceptors (Lipinski definition) is 6. The minimum Gasteiger partial charge on any atom is -0.352 e. The lowest BCUT2D eigenvalue weighted by molar-refractivity contribution is 0.0952. The molecule has 9 nitrogen and oxygen atoms in total. The second-order valence-electron chi connectivity index (χ2n) is 7.05. The molecule has 0 fully saturated rings. The largest absolute Gasteiger partial charge is 0.352 e. The lowest BCUT2D eigenvalue weighted by atomic mass is 10.0. The highest BCUT2D eigenvalue weighted by atomic mass is 16.2. The number of benzene rings is 1. The summed E-state index contributed by atoms with van der Waals surface area (Å²) in [5.74, 6) is -0.994. The molecule has 0 saturated heterocycles. The number of carbonyl (C=O) groups is 3. The van der Waals surface area contributed by atoms with E-state index in [9.17, 15) is 14.4 Å². The molecule has 9 heteroatoms. The van der Waals surface area contributed by atoms with Gasteiger partial charge in [-0.1, -0.05) is 0 Å². The maximum Gasteiger partial charge on any atom is 0.251 e. The van der Waals surface area contributed by atoms with E-state index in [1.807, 2.05) is 0 Å². The van der Waals surface area contributed by atoms with Gasteiger partial charge in [-0.25, -0.2) is 0 Å². The first-order chi connectivity index (χ1) is 14.5. The van der Waals surface area contributed by atoms with E-state index in [0.29, 0.717) is 39.3 Å². The SMILES string of the molecule is NCCCCNC(=O)c1cc(C(=O)NCCCCN)cc(C(=O)NCCCCN)c1. The van der Waals surface area contributed by atoms with Gasteiger partial charge in [-0.2, -0.15) is 0 Å². The van der Waals surface area contributed by atoms with Crippen LogP contribution in [0.15, 0.2) is 18.2 Å². The smallest absolute Gasteiger partial charge is 0.251 e. The molecule has 0 spiro atoms. The third-order valence-corrected chi connectivity index (χ3v) is 4.47. The second-order valence-corrected chi connectivity index (χ2v) is 7.05. The van der Waals surface area contributed by atoms with Crippen LogP contribution in [0.4, 0.5) is 0 Å². The van der Waals surface area contributed by atoms with Crippen molar-refractivity contribution in [1.82, 2.24) is 16.0 Å². The molecular weight excluding hydrogens is 384 g/mol. The standard InChI is InChI=1S/C21H36N6O3/c22-7-1-4-10-25-19(28)16-13-17(20(29)26-11-5-2-8-23)15-18(14-16)21(30)27-12-6-3-9-24/h13-15H,1-12,22-24H2,(H,25,28)(H,26,29)(H,27,30). The number of unbranched alkanes of at least 4 members (excludes halogenated alkanes) is 3. The van der Waals surface area contributed by atoms with Gasteiger partial charge in [-0.15, -0.1) is 0 Å². The Balaban J connectivity index is 2.92.